The lowest BCUT2D eigenvalue weighted by molar-refractivity contribution is -0.132. The van der Waals surface area contributed by atoms with E-state index in [4.69, 9.17) is 4.42 Å². The number of nitrogens with zero attached hydrogens (tertiary/aromatic N) is 3. The summed E-state index contributed by atoms with van der Waals surface area (Å²) in [5.41, 5.74) is 2.17. The maximum atomic E-state index is 13.3. The lowest BCUT2D eigenvalue weighted by Gasteiger charge is -2.34. The molecular weight excluding hydrogens is 437 g/mol. The zero-order valence-electron chi connectivity index (χ0n) is 19.0. The second-order valence-electron chi connectivity index (χ2n) is 8.71. The molecule has 2 aromatic carbocycles. The first kappa shape index (κ1) is 23.5. The van der Waals surface area contributed by atoms with Crippen LogP contribution in [0.3, 0.4) is 0 Å². The number of hydrogen-bond acceptors (Lipinski definition) is 5. The highest BCUT2D eigenvalue weighted by atomic mass is 32.2. The quantitative estimate of drug-likeness (QED) is 0.361. The summed E-state index contributed by atoms with van der Waals surface area (Å²) in [4.78, 5) is 15.2. The molecule has 1 fully saturated rings. The Morgan fingerprint density at radius 3 is 2.55 bits per heavy atom. The van der Waals surface area contributed by atoms with Crippen molar-refractivity contribution in [3.05, 3.63) is 77.4 Å². The third-order valence-electron chi connectivity index (χ3n) is 6.22. The van der Waals surface area contributed by atoms with Crippen LogP contribution in [0.5, 0.6) is 0 Å². The molecule has 3 aromatic rings. The summed E-state index contributed by atoms with van der Waals surface area (Å²) in [6, 6.07) is 16.9. The average Bonchev–Trinajstić information content (AvgIpc) is 3.30. The van der Waals surface area contributed by atoms with Crippen molar-refractivity contribution < 1.29 is 13.6 Å². The topological polar surface area (TPSA) is 59.2 Å². The van der Waals surface area contributed by atoms with Crippen LogP contribution in [-0.4, -0.2) is 32.8 Å². The highest BCUT2D eigenvalue weighted by Crippen LogP contribution is 2.27. The molecule has 0 spiro atoms. The molecule has 1 unspecified atom stereocenters. The van der Waals surface area contributed by atoms with Crippen molar-refractivity contribution >= 4 is 17.7 Å². The molecule has 1 amide bonds. The Labute approximate surface area is 198 Å². The Balaban J connectivity index is 1.36. The van der Waals surface area contributed by atoms with E-state index in [9.17, 15) is 9.18 Å². The second-order valence-corrected chi connectivity index (χ2v) is 9.63. The molecule has 0 N–H and O–H groups in total. The Morgan fingerprint density at radius 1 is 1.09 bits per heavy atom. The number of benzene rings is 2. The summed E-state index contributed by atoms with van der Waals surface area (Å²) in [5, 5.41) is 8.73. The van der Waals surface area contributed by atoms with Gasteiger partial charge in [-0.2, -0.15) is 0 Å². The summed E-state index contributed by atoms with van der Waals surface area (Å²) in [6.07, 6.45) is 6.18. The summed E-state index contributed by atoms with van der Waals surface area (Å²) in [7, 11) is 0. The Kier molecular flexibility index (Phi) is 8.15. The number of halogens is 1. The summed E-state index contributed by atoms with van der Waals surface area (Å²) in [5.74, 6) is 0.876. The van der Waals surface area contributed by atoms with Crippen molar-refractivity contribution in [2.24, 2.45) is 0 Å². The van der Waals surface area contributed by atoms with Crippen molar-refractivity contribution in [2.45, 2.75) is 69.2 Å². The van der Waals surface area contributed by atoms with Crippen LogP contribution in [0.15, 0.2) is 64.2 Å². The van der Waals surface area contributed by atoms with Crippen LogP contribution in [-0.2, 0) is 17.8 Å². The zero-order valence-corrected chi connectivity index (χ0v) is 19.8. The van der Waals surface area contributed by atoms with Gasteiger partial charge in [-0.3, -0.25) is 4.79 Å². The zero-order chi connectivity index (χ0) is 23.0. The lowest BCUT2D eigenvalue weighted by atomic mass is 9.94. The van der Waals surface area contributed by atoms with Gasteiger partial charge in [0.25, 0.3) is 5.22 Å². The number of rotatable bonds is 9. The van der Waals surface area contributed by atoms with Gasteiger partial charge >= 0.3 is 0 Å². The lowest BCUT2D eigenvalue weighted by Crippen LogP contribution is -2.41. The molecule has 4 rings (SSSR count). The molecule has 33 heavy (non-hydrogen) atoms. The van der Waals surface area contributed by atoms with Gasteiger partial charge in [-0.1, -0.05) is 80.4 Å². The Bertz CT molecular complexity index is 1020. The van der Waals surface area contributed by atoms with Gasteiger partial charge in [-0.05, 0) is 42.0 Å². The predicted molar refractivity (Wildman–Crippen MR) is 127 cm³/mol. The van der Waals surface area contributed by atoms with E-state index >= 15 is 0 Å². The molecule has 0 bridgehead atoms. The van der Waals surface area contributed by atoms with Crippen LogP contribution in [0.4, 0.5) is 4.39 Å². The van der Waals surface area contributed by atoms with Gasteiger partial charge in [0.15, 0.2) is 0 Å². The van der Waals surface area contributed by atoms with E-state index in [-0.39, 0.29) is 29.4 Å². The van der Waals surface area contributed by atoms with E-state index in [0.29, 0.717) is 24.1 Å². The van der Waals surface area contributed by atoms with Gasteiger partial charge in [-0.25, -0.2) is 4.39 Å². The molecule has 1 aliphatic carbocycles. The molecule has 5 nitrogen and oxygen atoms in total. The van der Waals surface area contributed by atoms with Crippen molar-refractivity contribution in [1.29, 1.82) is 0 Å². The second kappa shape index (κ2) is 11.5. The third kappa shape index (κ3) is 6.67. The monoisotopic (exact) mass is 467 g/mol. The molecule has 0 aliphatic heterocycles. The molecule has 1 heterocycles. The van der Waals surface area contributed by atoms with Crippen molar-refractivity contribution in [3.63, 3.8) is 0 Å². The highest BCUT2D eigenvalue weighted by molar-refractivity contribution is 7.99. The fraction of sp³-hybridized carbons (Fsp3) is 0.423. The SMILES string of the molecule is CC(Cc1nnc(SCC(=O)N(Cc2ccc(F)cc2)C2CCCCC2)o1)c1ccccc1. The molecule has 174 valence electrons. The fourth-order valence-corrected chi connectivity index (χ4v) is 5.01. The molecule has 1 saturated carbocycles. The number of hydrogen-bond donors (Lipinski definition) is 0. The minimum absolute atomic E-state index is 0.0497. The molecule has 1 aromatic heterocycles. The summed E-state index contributed by atoms with van der Waals surface area (Å²) in [6.45, 7) is 2.63. The predicted octanol–water partition coefficient (Wildman–Crippen LogP) is 6.01. The number of aromatic nitrogens is 2. The van der Waals surface area contributed by atoms with Crippen molar-refractivity contribution in [1.82, 2.24) is 15.1 Å². The maximum Gasteiger partial charge on any atom is 0.277 e. The van der Waals surface area contributed by atoms with Crippen molar-refractivity contribution in [3.8, 4) is 0 Å². The first-order valence-corrected chi connectivity index (χ1v) is 12.6. The molecule has 1 atom stereocenters. The number of carbonyl (C=O) groups excluding carboxylic acids is 1. The maximum absolute atomic E-state index is 13.3. The molecule has 7 heteroatoms. The largest absolute Gasteiger partial charge is 0.416 e. The molecule has 0 saturated heterocycles. The van der Waals surface area contributed by atoms with Gasteiger partial charge in [0, 0.05) is 19.0 Å². The molecule has 0 radical (unpaired) electrons. The minimum atomic E-state index is -0.265. The van der Waals surface area contributed by atoms with E-state index in [1.54, 1.807) is 12.1 Å². The highest BCUT2D eigenvalue weighted by Gasteiger charge is 2.26. The van der Waals surface area contributed by atoms with Gasteiger partial charge < -0.3 is 9.32 Å². The van der Waals surface area contributed by atoms with Gasteiger partial charge in [0.2, 0.25) is 11.8 Å². The van der Waals surface area contributed by atoms with Gasteiger partial charge in [0.05, 0.1) is 5.75 Å². The van der Waals surface area contributed by atoms with Crippen LogP contribution in [0.1, 0.15) is 62.0 Å². The molecular formula is C26H30FN3O2S. The van der Waals surface area contributed by atoms with E-state index < -0.39 is 0 Å². The fourth-order valence-electron chi connectivity index (χ4n) is 4.35. The normalized spacial score (nSPS) is 15.3. The van der Waals surface area contributed by atoms with Gasteiger partial charge in [0.1, 0.15) is 5.82 Å². The average molecular weight is 468 g/mol. The third-order valence-corrected chi connectivity index (χ3v) is 7.02. The van der Waals surface area contributed by atoms with Crippen LogP contribution in [0.2, 0.25) is 0 Å². The van der Waals surface area contributed by atoms with E-state index in [0.717, 1.165) is 31.2 Å². The standard InChI is InChI=1S/C26H30FN3O2S/c1-19(21-8-4-2-5-9-21)16-24-28-29-26(32-24)33-18-25(31)30(23-10-6-3-7-11-23)17-20-12-14-22(27)15-13-20/h2,4-5,8-9,12-15,19,23H,3,6-7,10-11,16-18H2,1H3. The summed E-state index contributed by atoms with van der Waals surface area (Å²) >= 11 is 1.29. The number of thioether (sulfide) groups is 1. The van der Waals surface area contributed by atoms with E-state index in [1.165, 1.54) is 35.9 Å². The number of carbonyl (C=O) groups is 1. The van der Waals surface area contributed by atoms with Crippen LogP contribution >= 0.6 is 11.8 Å². The Morgan fingerprint density at radius 2 is 1.82 bits per heavy atom. The van der Waals surface area contributed by atoms with Crippen LogP contribution in [0.25, 0.3) is 0 Å². The van der Waals surface area contributed by atoms with Crippen LogP contribution in [0, 0.1) is 5.82 Å². The summed E-state index contributed by atoms with van der Waals surface area (Å²) < 4.78 is 19.1. The minimum Gasteiger partial charge on any atom is -0.416 e. The van der Waals surface area contributed by atoms with E-state index in [1.807, 2.05) is 23.1 Å². The molecule has 1 aliphatic rings. The van der Waals surface area contributed by atoms with Crippen molar-refractivity contribution in [2.75, 3.05) is 5.75 Å². The van der Waals surface area contributed by atoms with E-state index in [2.05, 4.69) is 29.3 Å². The first-order valence-electron chi connectivity index (χ1n) is 11.6. The Hall–Kier alpha value is -2.67. The smallest absolute Gasteiger partial charge is 0.277 e. The first-order chi connectivity index (χ1) is 16.1. The van der Waals surface area contributed by atoms with Gasteiger partial charge in [-0.15, -0.1) is 10.2 Å². The number of amides is 1. The van der Waals surface area contributed by atoms with Crippen LogP contribution < -0.4 is 0 Å².